The van der Waals surface area contributed by atoms with Crippen molar-refractivity contribution < 1.29 is 4.74 Å². The van der Waals surface area contributed by atoms with Gasteiger partial charge in [0.05, 0.1) is 6.61 Å². The maximum absolute atomic E-state index is 5.89. The highest BCUT2D eigenvalue weighted by atomic mass is 16.5. The Morgan fingerprint density at radius 3 is 2.94 bits per heavy atom. The summed E-state index contributed by atoms with van der Waals surface area (Å²) in [4.78, 5) is 0. The Hall–Kier alpha value is -1.02. The first-order chi connectivity index (χ1) is 7.75. The Bertz CT molecular complexity index is 343. The lowest BCUT2D eigenvalue weighted by atomic mass is 10.0. The molecule has 1 N–H and O–H groups in total. The van der Waals surface area contributed by atoms with Gasteiger partial charge in [-0.3, -0.25) is 0 Å². The number of aryl methyl sites for hydroxylation is 2. The summed E-state index contributed by atoms with van der Waals surface area (Å²) in [5.41, 5.74) is 2.54. The number of ether oxygens (including phenoxy) is 1. The second kappa shape index (κ2) is 5.35. The third-order valence-electron chi connectivity index (χ3n) is 3.20. The lowest BCUT2D eigenvalue weighted by Gasteiger charge is -2.23. The molecule has 1 aliphatic rings. The van der Waals surface area contributed by atoms with Crippen LogP contribution in [0.15, 0.2) is 18.2 Å². The summed E-state index contributed by atoms with van der Waals surface area (Å²) in [5.74, 6) is 1.71. The molecule has 1 atom stereocenters. The van der Waals surface area contributed by atoms with E-state index in [1.54, 1.807) is 0 Å². The van der Waals surface area contributed by atoms with Gasteiger partial charge in [0.25, 0.3) is 0 Å². The molecule has 16 heavy (non-hydrogen) atoms. The molecule has 88 valence electrons. The maximum Gasteiger partial charge on any atom is 0.122 e. The Kier molecular flexibility index (Phi) is 3.83. The molecule has 0 saturated carbocycles. The van der Waals surface area contributed by atoms with Crippen molar-refractivity contribution in [2.24, 2.45) is 5.92 Å². The topological polar surface area (TPSA) is 21.3 Å². The van der Waals surface area contributed by atoms with Crippen LogP contribution >= 0.6 is 0 Å². The number of hydrogen-bond donors (Lipinski definition) is 1. The molecule has 0 amide bonds. The third-order valence-corrected chi connectivity index (χ3v) is 3.20. The molecule has 0 radical (unpaired) electrons. The Balaban J connectivity index is 1.88. The maximum atomic E-state index is 5.89. The first-order valence-electron chi connectivity index (χ1n) is 6.16. The van der Waals surface area contributed by atoms with Crippen molar-refractivity contribution in [2.45, 2.75) is 26.7 Å². The van der Waals surface area contributed by atoms with E-state index in [1.807, 2.05) is 0 Å². The van der Waals surface area contributed by atoms with E-state index in [0.717, 1.165) is 18.9 Å². The summed E-state index contributed by atoms with van der Waals surface area (Å²) in [6.07, 6.45) is 2.57. The summed E-state index contributed by atoms with van der Waals surface area (Å²) >= 11 is 0. The predicted molar refractivity (Wildman–Crippen MR) is 67.0 cm³/mol. The molecule has 1 saturated heterocycles. The van der Waals surface area contributed by atoms with Crippen LogP contribution in [0.25, 0.3) is 0 Å². The van der Waals surface area contributed by atoms with Crippen LogP contribution in [0.1, 0.15) is 24.0 Å². The summed E-state index contributed by atoms with van der Waals surface area (Å²) in [6, 6.07) is 6.37. The van der Waals surface area contributed by atoms with E-state index in [0.29, 0.717) is 5.92 Å². The molecule has 0 bridgehead atoms. The summed E-state index contributed by atoms with van der Waals surface area (Å²) in [6.45, 7) is 7.34. The highest BCUT2D eigenvalue weighted by molar-refractivity contribution is 5.35. The molecule has 2 nitrogen and oxygen atoms in total. The first kappa shape index (κ1) is 11.5. The van der Waals surface area contributed by atoms with E-state index in [4.69, 9.17) is 4.74 Å². The van der Waals surface area contributed by atoms with Gasteiger partial charge in [-0.1, -0.05) is 17.7 Å². The molecule has 1 aliphatic heterocycles. The van der Waals surface area contributed by atoms with Gasteiger partial charge in [0.1, 0.15) is 5.75 Å². The number of piperidine rings is 1. The van der Waals surface area contributed by atoms with Crippen LogP contribution in [0.3, 0.4) is 0 Å². The molecule has 1 aromatic carbocycles. The van der Waals surface area contributed by atoms with Gasteiger partial charge in [-0.25, -0.2) is 0 Å². The van der Waals surface area contributed by atoms with Gasteiger partial charge in [-0.15, -0.1) is 0 Å². The standard InChI is InChI=1S/C14H21NO/c1-11-5-6-14(12(2)8-11)16-10-13-4-3-7-15-9-13/h5-6,8,13,15H,3-4,7,9-10H2,1-2H3/t13-/m0/s1. The van der Waals surface area contributed by atoms with E-state index in [9.17, 15) is 0 Å². The normalized spacial score (nSPS) is 20.8. The molecule has 1 heterocycles. The van der Waals surface area contributed by atoms with E-state index in [1.165, 1.54) is 30.5 Å². The Labute approximate surface area is 98.0 Å². The van der Waals surface area contributed by atoms with Crippen LogP contribution in [0.5, 0.6) is 5.75 Å². The van der Waals surface area contributed by atoms with Crippen molar-refractivity contribution in [1.29, 1.82) is 0 Å². The van der Waals surface area contributed by atoms with Crippen molar-refractivity contribution in [2.75, 3.05) is 19.7 Å². The quantitative estimate of drug-likeness (QED) is 0.844. The summed E-state index contributed by atoms with van der Waals surface area (Å²) < 4.78 is 5.89. The van der Waals surface area contributed by atoms with Gasteiger partial charge >= 0.3 is 0 Å². The monoisotopic (exact) mass is 219 g/mol. The number of nitrogens with one attached hydrogen (secondary N) is 1. The lowest BCUT2D eigenvalue weighted by Crippen LogP contribution is -2.33. The fourth-order valence-corrected chi connectivity index (χ4v) is 2.24. The van der Waals surface area contributed by atoms with E-state index in [-0.39, 0.29) is 0 Å². The zero-order chi connectivity index (χ0) is 11.4. The van der Waals surface area contributed by atoms with Crippen molar-refractivity contribution in [1.82, 2.24) is 5.32 Å². The predicted octanol–water partition coefficient (Wildman–Crippen LogP) is 2.68. The van der Waals surface area contributed by atoms with E-state index >= 15 is 0 Å². The lowest BCUT2D eigenvalue weighted by molar-refractivity contribution is 0.217. The van der Waals surface area contributed by atoms with Crippen molar-refractivity contribution in [3.63, 3.8) is 0 Å². The fraction of sp³-hybridized carbons (Fsp3) is 0.571. The highest BCUT2D eigenvalue weighted by Crippen LogP contribution is 2.20. The van der Waals surface area contributed by atoms with Crippen molar-refractivity contribution in [3.8, 4) is 5.75 Å². The van der Waals surface area contributed by atoms with Gasteiger partial charge in [-0.2, -0.15) is 0 Å². The average molecular weight is 219 g/mol. The van der Waals surface area contributed by atoms with Gasteiger partial charge in [0.15, 0.2) is 0 Å². The molecule has 1 aromatic rings. The Morgan fingerprint density at radius 1 is 1.38 bits per heavy atom. The molecule has 2 rings (SSSR count). The van der Waals surface area contributed by atoms with Crippen LogP contribution in [0, 0.1) is 19.8 Å². The number of rotatable bonds is 3. The van der Waals surface area contributed by atoms with Crippen LogP contribution in [-0.4, -0.2) is 19.7 Å². The SMILES string of the molecule is Cc1ccc(OC[C@H]2CCCNC2)c(C)c1. The smallest absolute Gasteiger partial charge is 0.122 e. The fourth-order valence-electron chi connectivity index (χ4n) is 2.24. The van der Waals surface area contributed by atoms with E-state index < -0.39 is 0 Å². The molecule has 0 spiro atoms. The summed E-state index contributed by atoms with van der Waals surface area (Å²) in [5, 5.41) is 3.41. The first-order valence-corrected chi connectivity index (χ1v) is 6.16. The van der Waals surface area contributed by atoms with Crippen LogP contribution in [0.2, 0.25) is 0 Å². The third kappa shape index (κ3) is 2.99. The minimum Gasteiger partial charge on any atom is -0.493 e. The molecule has 2 heteroatoms. The van der Waals surface area contributed by atoms with Gasteiger partial charge in [0, 0.05) is 12.5 Å². The molecular weight excluding hydrogens is 198 g/mol. The minimum atomic E-state index is 0.675. The number of hydrogen-bond acceptors (Lipinski definition) is 2. The second-order valence-electron chi connectivity index (χ2n) is 4.79. The van der Waals surface area contributed by atoms with Crippen molar-refractivity contribution in [3.05, 3.63) is 29.3 Å². The second-order valence-corrected chi connectivity index (χ2v) is 4.79. The molecule has 0 aromatic heterocycles. The molecule has 0 unspecified atom stereocenters. The molecule has 1 fully saturated rings. The molecule has 0 aliphatic carbocycles. The largest absolute Gasteiger partial charge is 0.493 e. The number of benzene rings is 1. The van der Waals surface area contributed by atoms with Gasteiger partial charge in [0.2, 0.25) is 0 Å². The average Bonchev–Trinajstić information content (AvgIpc) is 2.29. The van der Waals surface area contributed by atoms with E-state index in [2.05, 4.69) is 37.4 Å². The van der Waals surface area contributed by atoms with Gasteiger partial charge in [-0.05, 0) is 44.9 Å². The van der Waals surface area contributed by atoms with Crippen LogP contribution < -0.4 is 10.1 Å². The minimum absolute atomic E-state index is 0.675. The highest BCUT2D eigenvalue weighted by Gasteiger charge is 2.13. The zero-order valence-electron chi connectivity index (χ0n) is 10.3. The Morgan fingerprint density at radius 2 is 2.25 bits per heavy atom. The zero-order valence-corrected chi connectivity index (χ0v) is 10.3. The van der Waals surface area contributed by atoms with Crippen LogP contribution in [-0.2, 0) is 0 Å². The summed E-state index contributed by atoms with van der Waals surface area (Å²) in [7, 11) is 0. The van der Waals surface area contributed by atoms with Gasteiger partial charge < -0.3 is 10.1 Å². The van der Waals surface area contributed by atoms with Crippen molar-refractivity contribution >= 4 is 0 Å². The van der Waals surface area contributed by atoms with Crippen LogP contribution in [0.4, 0.5) is 0 Å². The molecular formula is C14H21NO.